The topological polar surface area (TPSA) is 67.1 Å². The van der Waals surface area contributed by atoms with Crippen molar-refractivity contribution in [1.82, 2.24) is 25.4 Å². The van der Waals surface area contributed by atoms with E-state index >= 15 is 0 Å². The molecule has 6 nitrogen and oxygen atoms in total. The first-order valence-corrected chi connectivity index (χ1v) is 10.5. The molecule has 0 spiro atoms. The standard InChI is InChI=1S/C22H34N6.HI/c1-5-18-10-9-13-20(14-18)25-22(23-15-21-27-26-17(3)28(21)4)24-16(2)19-11-7-6-8-12-19;/h6-8,11-12,16,18,20H,5,9-10,13-15H2,1-4H3,(H2,23,24,25);1H. The van der Waals surface area contributed by atoms with Crippen LogP contribution in [-0.4, -0.2) is 26.8 Å². The van der Waals surface area contributed by atoms with Gasteiger partial charge in [-0.3, -0.25) is 0 Å². The molecule has 3 unspecified atom stereocenters. The van der Waals surface area contributed by atoms with Gasteiger partial charge in [0, 0.05) is 13.1 Å². The molecular formula is C22H35IN6. The quantitative estimate of drug-likeness (QED) is 0.341. The minimum atomic E-state index is 0. The molecule has 0 amide bonds. The summed E-state index contributed by atoms with van der Waals surface area (Å²) in [6.07, 6.45) is 6.34. The zero-order valence-electron chi connectivity index (χ0n) is 18.1. The number of aliphatic imine (C=N–C) groups is 1. The maximum absolute atomic E-state index is 4.85. The van der Waals surface area contributed by atoms with Crippen LogP contribution in [0.15, 0.2) is 35.3 Å². The fraction of sp³-hybridized carbons (Fsp3) is 0.591. The number of aryl methyl sites for hydroxylation is 1. The number of guanidine groups is 1. The minimum Gasteiger partial charge on any atom is -0.354 e. The lowest BCUT2D eigenvalue weighted by atomic mass is 9.84. The highest BCUT2D eigenvalue weighted by Crippen LogP contribution is 2.26. The molecule has 160 valence electrons. The van der Waals surface area contributed by atoms with E-state index in [1.807, 2.05) is 24.6 Å². The van der Waals surface area contributed by atoms with Gasteiger partial charge in [-0.15, -0.1) is 34.2 Å². The molecular weight excluding hydrogens is 475 g/mol. The van der Waals surface area contributed by atoms with E-state index in [9.17, 15) is 0 Å². The van der Waals surface area contributed by atoms with Gasteiger partial charge in [-0.05, 0) is 38.2 Å². The number of benzene rings is 1. The van der Waals surface area contributed by atoms with E-state index in [1.54, 1.807) is 0 Å². The molecule has 3 rings (SSSR count). The molecule has 3 atom stereocenters. The molecule has 1 aromatic heterocycles. The van der Waals surface area contributed by atoms with Gasteiger partial charge in [0.15, 0.2) is 11.8 Å². The predicted molar refractivity (Wildman–Crippen MR) is 129 cm³/mol. The zero-order valence-corrected chi connectivity index (χ0v) is 20.4. The molecule has 2 aromatic rings. The minimum absolute atomic E-state index is 0. The molecule has 7 heteroatoms. The molecule has 1 fully saturated rings. The maximum Gasteiger partial charge on any atom is 0.192 e. The molecule has 0 aliphatic heterocycles. The van der Waals surface area contributed by atoms with Crippen LogP contribution in [0.4, 0.5) is 0 Å². The molecule has 1 heterocycles. The van der Waals surface area contributed by atoms with Crippen LogP contribution in [0.1, 0.15) is 69.2 Å². The van der Waals surface area contributed by atoms with Crippen LogP contribution in [0.2, 0.25) is 0 Å². The van der Waals surface area contributed by atoms with Crippen LogP contribution >= 0.6 is 24.0 Å². The van der Waals surface area contributed by atoms with Crippen LogP contribution in [0.5, 0.6) is 0 Å². The van der Waals surface area contributed by atoms with E-state index in [0.29, 0.717) is 12.6 Å². The second-order valence-corrected chi connectivity index (χ2v) is 7.95. The smallest absolute Gasteiger partial charge is 0.192 e. The Hall–Kier alpha value is -1.64. The number of aromatic nitrogens is 3. The van der Waals surface area contributed by atoms with Gasteiger partial charge < -0.3 is 15.2 Å². The fourth-order valence-corrected chi connectivity index (χ4v) is 3.89. The van der Waals surface area contributed by atoms with Gasteiger partial charge in [-0.2, -0.15) is 0 Å². The van der Waals surface area contributed by atoms with Gasteiger partial charge in [0.25, 0.3) is 0 Å². The lowest BCUT2D eigenvalue weighted by Crippen LogP contribution is -2.46. The van der Waals surface area contributed by atoms with Crippen LogP contribution in [0.3, 0.4) is 0 Å². The highest BCUT2D eigenvalue weighted by molar-refractivity contribution is 14.0. The number of hydrogen-bond donors (Lipinski definition) is 2. The number of hydrogen-bond acceptors (Lipinski definition) is 3. The van der Waals surface area contributed by atoms with E-state index in [0.717, 1.165) is 23.5 Å². The highest BCUT2D eigenvalue weighted by Gasteiger charge is 2.22. The van der Waals surface area contributed by atoms with Crippen molar-refractivity contribution in [2.75, 3.05) is 0 Å². The summed E-state index contributed by atoms with van der Waals surface area (Å²) in [5.41, 5.74) is 1.25. The SMILES string of the molecule is CCC1CCCC(NC(=NCc2nnc(C)n2C)NC(C)c2ccccc2)C1.I. The van der Waals surface area contributed by atoms with Crippen molar-refractivity contribution >= 4 is 29.9 Å². The Morgan fingerprint density at radius 1 is 1.24 bits per heavy atom. The second kappa shape index (κ2) is 11.5. The number of nitrogens with one attached hydrogen (secondary N) is 2. The Labute approximate surface area is 192 Å². The van der Waals surface area contributed by atoms with Crippen molar-refractivity contribution in [2.24, 2.45) is 18.0 Å². The van der Waals surface area contributed by atoms with Gasteiger partial charge in [0.1, 0.15) is 12.4 Å². The average molecular weight is 510 g/mol. The summed E-state index contributed by atoms with van der Waals surface area (Å²) in [6.45, 7) is 6.95. The fourth-order valence-electron chi connectivity index (χ4n) is 3.89. The van der Waals surface area contributed by atoms with Crippen LogP contribution in [0, 0.1) is 12.8 Å². The molecule has 0 bridgehead atoms. The normalized spacial score (nSPS) is 20.6. The lowest BCUT2D eigenvalue weighted by Gasteiger charge is -2.31. The molecule has 1 aromatic carbocycles. The van der Waals surface area contributed by atoms with Gasteiger partial charge in [0.05, 0.1) is 6.04 Å². The molecule has 1 aliphatic carbocycles. The van der Waals surface area contributed by atoms with E-state index in [4.69, 9.17) is 4.99 Å². The van der Waals surface area contributed by atoms with Crippen molar-refractivity contribution in [3.63, 3.8) is 0 Å². The van der Waals surface area contributed by atoms with Crippen molar-refractivity contribution < 1.29 is 0 Å². The van der Waals surface area contributed by atoms with Gasteiger partial charge in [0.2, 0.25) is 0 Å². The van der Waals surface area contributed by atoms with Crippen LogP contribution < -0.4 is 10.6 Å². The number of nitrogens with zero attached hydrogens (tertiary/aromatic N) is 4. The first-order valence-electron chi connectivity index (χ1n) is 10.5. The van der Waals surface area contributed by atoms with Crippen molar-refractivity contribution in [1.29, 1.82) is 0 Å². The van der Waals surface area contributed by atoms with Crippen molar-refractivity contribution in [3.05, 3.63) is 47.5 Å². The molecule has 1 saturated carbocycles. The summed E-state index contributed by atoms with van der Waals surface area (Å²) < 4.78 is 2.00. The van der Waals surface area contributed by atoms with E-state index in [1.165, 1.54) is 37.7 Å². The van der Waals surface area contributed by atoms with E-state index in [2.05, 4.69) is 58.9 Å². The largest absolute Gasteiger partial charge is 0.354 e. The third kappa shape index (κ3) is 6.69. The Balaban J connectivity index is 0.00000300. The molecule has 29 heavy (non-hydrogen) atoms. The van der Waals surface area contributed by atoms with Gasteiger partial charge >= 0.3 is 0 Å². The summed E-state index contributed by atoms with van der Waals surface area (Å²) >= 11 is 0. The zero-order chi connectivity index (χ0) is 19.9. The molecule has 2 N–H and O–H groups in total. The summed E-state index contributed by atoms with van der Waals surface area (Å²) in [6, 6.07) is 11.2. The van der Waals surface area contributed by atoms with E-state index < -0.39 is 0 Å². The Morgan fingerprint density at radius 2 is 2.00 bits per heavy atom. The van der Waals surface area contributed by atoms with Gasteiger partial charge in [-0.25, -0.2) is 4.99 Å². The predicted octanol–water partition coefficient (Wildman–Crippen LogP) is 4.51. The summed E-state index contributed by atoms with van der Waals surface area (Å²) in [7, 11) is 1.99. The number of rotatable bonds is 6. The molecule has 0 radical (unpaired) electrons. The van der Waals surface area contributed by atoms with Crippen LogP contribution in [0.25, 0.3) is 0 Å². The third-order valence-corrected chi connectivity index (χ3v) is 5.92. The lowest BCUT2D eigenvalue weighted by molar-refractivity contribution is 0.298. The Morgan fingerprint density at radius 3 is 2.66 bits per heavy atom. The highest BCUT2D eigenvalue weighted by atomic mass is 127. The summed E-state index contributed by atoms with van der Waals surface area (Å²) in [5, 5.41) is 15.7. The Bertz CT molecular complexity index is 773. The molecule has 1 aliphatic rings. The van der Waals surface area contributed by atoms with Crippen molar-refractivity contribution in [3.8, 4) is 0 Å². The summed E-state index contributed by atoms with van der Waals surface area (Å²) in [5.74, 6) is 3.46. The Kier molecular flexibility index (Phi) is 9.39. The first-order chi connectivity index (χ1) is 13.6. The first kappa shape index (κ1) is 23.6. The monoisotopic (exact) mass is 510 g/mol. The molecule has 0 saturated heterocycles. The van der Waals surface area contributed by atoms with Crippen LogP contribution in [-0.2, 0) is 13.6 Å². The summed E-state index contributed by atoms with van der Waals surface area (Å²) in [4.78, 5) is 4.85. The number of halogens is 1. The van der Waals surface area contributed by atoms with Gasteiger partial charge in [-0.1, -0.05) is 56.5 Å². The third-order valence-electron chi connectivity index (χ3n) is 5.92. The maximum atomic E-state index is 4.85. The van der Waals surface area contributed by atoms with Crippen molar-refractivity contribution in [2.45, 2.75) is 71.5 Å². The second-order valence-electron chi connectivity index (χ2n) is 7.95. The average Bonchev–Trinajstić information content (AvgIpc) is 3.05. The van der Waals surface area contributed by atoms with E-state index in [-0.39, 0.29) is 30.0 Å².